The van der Waals surface area contributed by atoms with Crippen molar-refractivity contribution in [3.8, 4) is 11.5 Å². The standard InChI is InChI=1S/C14H9F4NO3/c1-8-2-4-12(10(6-8)14(16,17)18)22-13-5-3-9(19(20)21)7-11(13)15/h2-7H,1H3. The molecule has 2 aromatic carbocycles. The molecule has 0 saturated carbocycles. The first-order valence-electron chi connectivity index (χ1n) is 5.98. The summed E-state index contributed by atoms with van der Waals surface area (Å²) in [6, 6.07) is 5.76. The highest BCUT2D eigenvalue weighted by atomic mass is 19.4. The fraction of sp³-hybridized carbons (Fsp3) is 0.143. The van der Waals surface area contributed by atoms with Crippen molar-refractivity contribution in [1.82, 2.24) is 0 Å². The number of benzene rings is 2. The summed E-state index contributed by atoms with van der Waals surface area (Å²) in [6.45, 7) is 1.48. The van der Waals surface area contributed by atoms with Gasteiger partial charge in [-0.3, -0.25) is 10.1 Å². The Morgan fingerprint density at radius 3 is 2.27 bits per heavy atom. The van der Waals surface area contributed by atoms with Gasteiger partial charge in [0.15, 0.2) is 11.6 Å². The number of nitro benzene ring substituents is 1. The first kappa shape index (κ1) is 15.7. The van der Waals surface area contributed by atoms with Crippen molar-refractivity contribution in [2.24, 2.45) is 0 Å². The van der Waals surface area contributed by atoms with Crippen molar-refractivity contribution in [1.29, 1.82) is 0 Å². The van der Waals surface area contributed by atoms with E-state index in [2.05, 4.69) is 0 Å². The van der Waals surface area contributed by atoms with Crippen LogP contribution in [0.1, 0.15) is 11.1 Å². The van der Waals surface area contributed by atoms with Crippen molar-refractivity contribution in [2.45, 2.75) is 13.1 Å². The molecule has 0 fully saturated rings. The summed E-state index contributed by atoms with van der Waals surface area (Å²) in [7, 11) is 0. The van der Waals surface area contributed by atoms with Crippen molar-refractivity contribution in [3.05, 3.63) is 63.5 Å². The fourth-order valence-corrected chi connectivity index (χ4v) is 1.76. The molecule has 0 bridgehead atoms. The van der Waals surface area contributed by atoms with Gasteiger partial charge in [0.05, 0.1) is 16.6 Å². The largest absolute Gasteiger partial charge is 0.454 e. The fourth-order valence-electron chi connectivity index (χ4n) is 1.76. The first-order valence-corrected chi connectivity index (χ1v) is 5.98. The maximum atomic E-state index is 13.7. The van der Waals surface area contributed by atoms with Crippen molar-refractivity contribution >= 4 is 5.69 Å². The van der Waals surface area contributed by atoms with E-state index >= 15 is 0 Å². The molecule has 0 amide bonds. The van der Waals surface area contributed by atoms with Crippen molar-refractivity contribution < 1.29 is 27.2 Å². The van der Waals surface area contributed by atoms with Crippen molar-refractivity contribution in [3.63, 3.8) is 0 Å². The lowest BCUT2D eigenvalue weighted by Crippen LogP contribution is -2.07. The molecule has 0 unspecified atom stereocenters. The van der Waals surface area contributed by atoms with Gasteiger partial charge >= 0.3 is 6.18 Å². The van der Waals surface area contributed by atoms with E-state index in [1.165, 1.54) is 13.0 Å². The second-order valence-electron chi connectivity index (χ2n) is 4.47. The molecule has 0 aliphatic heterocycles. The zero-order chi connectivity index (χ0) is 16.5. The Kier molecular flexibility index (Phi) is 4.03. The molecule has 4 nitrogen and oxygen atoms in total. The molecule has 0 radical (unpaired) electrons. The average molecular weight is 315 g/mol. The molecular weight excluding hydrogens is 306 g/mol. The smallest absolute Gasteiger partial charge is 0.419 e. The molecule has 0 aliphatic carbocycles. The van der Waals surface area contributed by atoms with E-state index in [4.69, 9.17) is 4.74 Å². The summed E-state index contributed by atoms with van der Waals surface area (Å²) in [4.78, 5) is 9.68. The highest BCUT2D eigenvalue weighted by Crippen LogP contribution is 2.39. The minimum atomic E-state index is -4.67. The number of nitro groups is 1. The number of halogens is 4. The number of nitrogens with zero attached hydrogens (tertiary/aromatic N) is 1. The molecule has 0 heterocycles. The molecule has 8 heteroatoms. The van der Waals surface area contributed by atoms with Crippen molar-refractivity contribution in [2.75, 3.05) is 0 Å². The number of alkyl halides is 3. The molecule has 2 aromatic rings. The van der Waals surface area contributed by atoms with Crippen LogP contribution in [0, 0.1) is 22.9 Å². The summed E-state index contributed by atoms with van der Waals surface area (Å²) < 4.78 is 57.4. The van der Waals surface area contributed by atoms with E-state index in [9.17, 15) is 27.7 Å². The Bertz CT molecular complexity index is 729. The van der Waals surface area contributed by atoms with Crippen LogP contribution in [0.4, 0.5) is 23.2 Å². The third kappa shape index (κ3) is 3.33. The monoisotopic (exact) mass is 315 g/mol. The minimum Gasteiger partial charge on any atom is -0.454 e. The Morgan fingerprint density at radius 1 is 1.09 bits per heavy atom. The number of non-ortho nitro benzene ring substituents is 1. The predicted molar refractivity (Wildman–Crippen MR) is 69.3 cm³/mol. The summed E-state index contributed by atoms with van der Waals surface area (Å²) in [5, 5.41) is 10.5. The van der Waals surface area contributed by atoms with Crippen LogP contribution in [0.3, 0.4) is 0 Å². The maximum Gasteiger partial charge on any atom is 0.419 e. The third-order valence-electron chi connectivity index (χ3n) is 2.79. The van der Waals surface area contributed by atoms with Gasteiger partial charge in [0.1, 0.15) is 5.75 Å². The van der Waals surface area contributed by atoms with E-state index in [0.717, 1.165) is 24.3 Å². The van der Waals surface area contributed by atoms with Gasteiger partial charge in [-0.15, -0.1) is 0 Å². The minimum absolute atomic E-state index is 0.365. The molecule has 0 N–H and O–H groups in total. The van der Waals surface area contributed by atoms with Crippen LogP contribution in [0.5, 0.6) is 11.5 Å². The van der Waals surface area contributed by atoms with Gasteiger partial charge in [-0.1, -0.05) is 11.6 Å². The lowest BCUT2D eigenvalue weighted by molar-refractivity contribution is -0.385. The Balaban J connectivity index is 2.41. The van der Waals surface area contributed by atoms with Gasteiger partial charge in [-0.05, 0) is 25.1 Å². The van der Waals surface area contributed by atoms with E-state index in [1.54, 1.807) is 0 Å². The molecule has 116 valence electrons. The maximum absolute atomic E-state index is 13.7. The number of hydrogen-bond acceptors (Lipinski definition) is 3. The van der Waals surface area contributed by atoms with Crippen LogP contribution in [0.25, 0.3) is 0 Å². The second kappa shape index (κ2) is 5.63. The molecule has 0 aromatic heterocycles. The predicted octanol–water partition coefficient (Wildman–Crippen LogP) is 4.85. The topological polar surface area (TPSA) is 52.4 Å². The van der Waals surface area contributed by atoms with Crippen LogP contribution in [0.2, 0.25) is 0 Å². The van der Waals surface area contributed by atoms with Gasteiger partial charge in [-0.2, -0.15) is 13.2 Å². The Hall–Kier alpha value is -2.64. The summed E-state index contributed by atoms with van der Waals surface area (Å²) >= 11 is 0. The second-order valence-corrected chi connectivity index (χ2v) is 4.47. The summed E-state index contributed by atoms with van der Waals surface area (Å²) in [6.07, 6.45) is -4.67. The number of ether oxygens (including phenoxy) is 1. The molecule has 0 spiro atoms. The quantitative estimate of drug-likeness (QED) is 0.462. The van der Waals surface area contributed by atoms with Gasteiger partial charge in [-0.25, -0.2) is 4.39 Å². The molecule has 0 aliphatic rings. The van der Waals surface area contributed by atoms with E-state index in [1.807, 2.05) is 0 Å². The molecular formula is C14H9F4NO3. The SMILES string of the molecule is Cc1ccc(Oc2ccc([N+](=O)[O-])cc2F)c(C(F)(F)F)c1. The number of rotatable bonds is 3. The van der Waals surface area contributed by atoms with E-state index in [0.29, 0.717) is 11.6 Å². The third-order valence-corrected chi connectivity index (χ3v) is 2.79. The number of hydrogen-bond donors (Lipinski definition) is 0. The van der Waals surface area contributed by atoms with Crippen LogP contribution < -0.4 is 4.74 Å². The van der Waals surface area contributed by atoms with Crippen LogP contribution >= 0.6 is 0 Å². The molecule has 22 heavy (non-hydrogen) atoms. The zero-order valence-corrected chi connectivity index (χ0v) is 11.1. The highest BCUT2D eigenvalue weighted by molar-refractivity contribution is 5.44. The number of aryl methyl sites for hydroxylation is 1. The van der Waals surface area contributed by atoms with Gasteiger partial charge < -0.3 is 4.74 Å². The molecule has 2 rings (SSSR count). The Morgan fingerprint density at radius 2 is 1.73 bits per heavy atom. The Labute approximate surface area is 122 Å². The van der Waals surface area contributed by atoms with Gasteiger partial charge in [0.25, 0.3) is 5.69 Å². The highest BCUT2D eigenvalue weighted by Gasteiger charge is 2.34. The summed E-state index contributed by atoms with van der Waals surface area (Å²) in [5.74, 6) is -2.23. The lowest BCUT2D eigenvalue weighted by Gasteiger charge is -2.14. The normalized spacial score (nSPS) is 11.3. The average Bonchev–Trinajstić information content (AvgIpc) is 2.41. The lowest BCUT2D eigenvalue weighted by atomic mass is 10.1. The van der Waals surface area contributed by atoms with E-state index in [-0.39, 0.29) is 0 Å². The van der Waals surface area contributed by atoms with Gasteiger partial charge in [0, 0.05) is 6.07 Å². The van der Waals surface area contributed by atoms with Gasteiger partial charge in [0.2, 0.25) is 0 Å². The van der Waals surface area contributed by atoms with Crippen LogP contribution in [0.15, 0.2) is 36.4 Å². The first-order chi connectivity index (χ1) is 10.2. The van der Waals surface area contributed by atoms with Crippen LogP contribution in [-0.2, 0) is 6.18 Å². The van der Waals surface area contributed by atoms with E-state index < -0.39 is 39.7 Å². The zero-order valence-electron chi connectivity index (χ0n) is 11.1. The molecule has 0 atom stereocenters. The van der Waals surface area contributed by atoms with Crippen LogP contribution in [-0.4, -0.2) is 4.92 Å². The molecule has 0 saturated heterocycles. The summed E-state index contributed by atoms with van der Waals surface area (Å²) in [5.41, 5.74) is -1.21.